The largest absolute Gasteiger partial charge is 0.480 e. The fourth-order valence-corrected chi connectivity index (χ4v) is 1.42. The van der Waals surface area contributed by atoms with Crippen LogP contribution in [0.3, 0.4) is 0 Å². The summed E-state index contributed by atoms with van der Waals surface area (Å²) in [6, 6.07) is 5.31. The minimum Gasteiger partial charge on any atom is -0.480 e. The first-order valence-electron chi connectivity index (χ1n) is 4.14. The van der Waals surface area contributed by atoms with Crippen LogP contribution in [0.1, 0.15) is 18.1 Å². The third-order valence-corrected chi connectivity index (χ3v) is 3.07. The van der Waals surface area contributed by atoms with Gasteiger partial charge < -0.3 is 10.8 Å². The summed E-state index contributed by atoms with van der Waals surface area (Å²) in [5.74, 6) is -1.03. The minimum atomic E-state index is -1.34. The zero-order valence-corrected chi connectivity index (χ0v) is 9.63. The van der Waals surface area contributed by atoms with Crippen LogP contribution < -0.4 is 5.73 Å². The smallest absolute Gasteiger partial charge is 0.328 e. The molecule has 0 bridgehead atoms. The van der Waals surface area contributed by atoms with Crippen LogP contribution in [0.4, 0.5) is 0 Å². The van der Waals surface area contributed by atoms with Crippen LogP contribution in [-0.4, -0.2) is 11.1 Å². The van der Waals surface area contributed by atoms with Gasteiger partial charge in [-0.25, -0.2) is 4.79 Å². The van der Waals surface area contributed by atoms with E-state index in [1.807, 2.05) is 13.0 Å². The quantitative estimate of drug-likeness (QED) is 0.852. The van der Waals surface area contributed by atoms with Crippen molar-refractivity contribution >= 4 is 21.9 Å². The Morgan fingerprint density at radius 1 is 1.57 bits per heavy atom. The van der Waals surface area contributed by atoms with Gasteiger partial charge in [-0.2, -0.15) is 0 Å². The topological polar surface area (TPSA) is 63.3 Å². The lowest BCUT2D eigenvalue weighted by atomic mass is 9.93. The van der Waals surface area contributed by atoms with E-state index in [2.05, 4.69) is 15.9 Å². The standard InChI is InChI=1S/C10H12BrNO2/c1-6-3-4-7(5-8(6)11)10(2,12)9(13)14/h3-5H,12H2,1-2H3,(H,13,14)/t10-/m1/s1. The van der Waals surface area contributed by atoms with Gasteiger partial charge in [0.1, 0.15) is 5.54 Å². The molecule has 0 radical (unpaired) electrons. The molecule has 0 aromatic heterocycles. The maximum atomic E-state index is 10.9. The van der Waals surface area contributed by atoms with E-state index < -0.39 is 11.5 Å². The van der Waals surface area contributed by atoms with Crippen molar-refractivity contribution in [2.75, 3.05) is 0 Å². The average molecular weight is 258 g/mol. The summed E-state index contributed by atoms with van der Waals surface area (Å²) in [6.07, 6.45) is 0. The molecule has 0 aliphatic carbocycles. The number of aliphatic carboxylic acids is 1. The molecule has 4 heteroatoms. The highest BCUT2D eigenvalue weighted by molar-refractivity contribution is 9.10. The van der Waals surface area contributed by atoms with Crippen LogP contribution in [0, 0.1) is 6.92 Å². The maximum absolute atomic E-state index is 10.9. The highest BCUT2D eigenvalue weighted by atomic mass is 79.9. The second-order valence-corrected chi connectivity index (χ2v) is 4.33. The number of nitrogens with two attached hydrogens (primary N) is 1. The van der Waals surface area contributed by atoms with Crippen molar-refractivity contribution in [3.05, 3.63) is 33.8 Å². The Bertz CT molecular complexity index is 374. The number of carboxylic acid groups (broad SMARTS) is 1. The second-order valence-electron chi connectivity index (χ2n) is 3.47. The number of carboxylic acids is 1. The third-order valence-electron chi connectivity index (χ3n) is 2.22. The van der Waals surface area contributed by atoms with Gasteiger partial charge in [-0.1, -0.05) is 28.1 Å². The zero-order valence-electron chi connectivity index (χ0n) is 8.04. The molecule has 3 N–H and O–H groups in total. The maximum Gasteiger partial charge on any atom is 0.328 e. The molecule has 0 heterocycles. The van der Waals surface area contributed by atoms with E-state index in [0.29, 0.717) is 5.56 Å². The van der Waals surface area contributed by atoms with E-state index in [-0.39, 0.29) is 0 Å². The molecule has 1 aromatic carbocycles. The van der Waals surface area contributed by atoms with Gasteiger partial charge in [0.05, 0.1) is 0 Å². The molecule has 14 heavy (non-hydrogen) atoms. The van der Waals surface area contributed by atoms with E-state index in [9.17, 15) is 4.79 Å². The number of hydrogen-bond acceptors (Lipinski definition) is 2. The summed E-state index contributed by atoms with van der Waals surface area (Å²) in [4.78, 5) is 10.9. The first-order valence-corrected chi connectivity index (χ1v) is 4.94. The molecule has 0 fully saturated rings. The van der Waals surface area contributed by atoms with Gasteiger partial charge in [0.25, 0.3) is 0 Å². The molecule has 0 saturated heterocycles. The molecular formula is C10H12BrNO2. The van der Waals surface area contributed by atoms with Crippen molar-refractivity contribution in [1.82, 2.24) is 0 Å². The van der Waals surface area contributed by atoms with Crippen molar-refractivity contribution in [2.45, 2.75) is 19.4 Å². The van der Waals surface area contributed by atoms with Crippen LogP contribution in [-0.2, 0) is 10.3 Å². The Kier molecular flexibility index (Phi) is 2.97. The van der Waals surface area contributed by atoms with Crippen LogP contribution in [0.5, 0.6) is 0 Å². The second kappa shape index (κ2) is 3.71. The Balaban J connectivity index is 3.21. The van der Waals surface area contributed by atoms with Gasteiger partial charge in [-0.15, -0.1) is 0 Å². The average Bonchev–Trinajstić information content (AvgIpc) is 2.09. The van der Waals surface area contributed by atoms with Crippen LogP contribution in [0.25, 0.3) is 0 Å². The molecule has 0 amide bonds. The number of rotatable bonds is 2. The summed E-state index contributed by atoms with van der Waals surface area (Å²) in [5.41, 5.74) is 5.98. The lowest BCUT2D eigenvalue weighted by Gasteiger charge is -2.20. The zero-order chi connectivity index (χ0) is 10.9. The minimum absolute atomic E-state index is 0.586. The number of benzene rings is 1. The van der Waals surface area contributed by atoms with E-state index >= 15 is 0 Å². The van der Waals surface area contributed by atoms with E-state index in [0.717, 1.165) is 10.0 Å². The van der Waals surface area contributed by atoms with Crippen LogP contribution in [0.2, 0.25) is 0 Å². The van der Waals surface area contributed by atoms with Crippen molar-refractivity contribution in [1.29, 1.82) is 0 Å². The molecule has 3 nitrogen and oxygen atoms in total. The van der Waals surface area contributed by atoms with Crippen molar-refractivity contribution in [3.63, 3.8) is 0 Å². The highest BCUT2D eigenvalue weighted by Crippen LogP contribution is 2.24. The van der Waals surface area contributed by atoms with Gasteiger partial charge in [-0.05, 0) is 31.0 Å². The van der Waals surface area contributed by atoms with Gasteiger partial charge in [-0.3, -0.25) is 0 Å². The lowest BCUT2D eigenvalue weighted by molar-refractivity contribution is -0.143. The van der Waals surface area contributed by atoms with Crippen LogP contribution in [0.15, 0.2) is 22.7 Å². The molecule has 1 aromatic rings. The molecule has 0 saturated carbocycles. The molecule has 76 valence electrons. The molecule has 1 atom stereocenters. The van der Waals surface area contributed by atoms with Crippen LogP contribution >= 0.6 is 15.9 Å². The number of aryl methyl sites for hydroxylation is 1. The molecule has 0 unspecified atom stereocenters. The first kappa shape index (κ1) is 11.2. The molecule has 0 aliphatic rings. The summed E-state index contributed by atoms with van der Waals surface area (Å²) in [6.45, 7) is 3.41. The number of carbonyl (C=O) groups is 1. The summed E-state index contributed by atoms with van der Waals surface area (Å²) >= 11 is 3.34. The van der Waals surface area contributed by atoms with Gasteiger partial charge in [0, 0.05) is 4.47 Å². The van der Waals surface area contributed by atoms with Crippen molar-refractivity contribution in [2.24, 2.45) is 5.73 Å². The first-order chi connectivity index (χ1) is 6.35. The Hall–Kier alpha value is -0.870. The van der Waals surface area contributed by atoms with E-state index in [4.69, 9.17) is 10.8 Å². The molecule has 0 aliphatic heterocycles. The monoisotopic (exact) mass is 257 g/mol. The van der Waals surface area contributed by atoms with Gasteiger partial charge >= 0.3 is 5.97 Å². The predicted octanol–water partition coefficient (Wildman–Crippen LogP) is 2.02. The Labute approximate surface area is 91.1 Å². The fourth-order valence-electron chi connectivity index (χ4n) is 1.04. The van der Waals surface area contributed by atoms with Gasteiger partial charge in [0.2, 0.25) is 0 Å². The molecule has 1 rings (SSSR count). The number of hydrogen-bond donors (Lipinski definition) is 2. The van der Waals surface area contributed by atoms with E-state index in [1.165, 1.54) is 6.92 Å². The fraction of sp³-hybridized carbons (Fsp3) is 0.300. The van der Waals surface area contributed by atoms with Crippen molar-refractivity contribution in [3.8, 4) is 0 Å². The Morgan fingerprint density at radius 3 is 2.57 bits per heavy atom. The molecular weight excluding hydrogens is 246 g/mol. The van der Waals surface area contributed by atoms with Crippen molar-refractivity contribution < 1.29 is 9.90 Å². The normalized spacial score (nSPS) is 14.9. The van der Waals surface area contributed by atoms with E-state index in [1.54, 1.807) is 12.1 Å². The number of halogens is 1. The predicted molar refractivity (Wildman–Crippen MR) is 58.1 cm³/mol. The lowest BCUT2D eigenvalue weighted by Crippen LogP contribution is -2.41. The summed E-state index contributed by atoms with van der Waals surface area (Å²) < 4.78 is 0.868. The molecule has 0 spiro atoms. The summed E-state index contributed by atoms with van der Waals surface area (Å²) in [5, 5.41) is 8.91. The Morgan fingerprint density at radius 2 is 2.14 bits per heavy atom. The third kappa shape index (κ3) is 1.96. The van der Waals surface area contributed by atoms with Gasteiger partial charge in [0.15, 0.2) is 0 Å². The summed E-state index contributed by atoms with van der Waals surface area (Å²) in [7, 11) is 0. The SMILES string of the molecule is Cc1ccc([C@@](C)(N)C(=O)O)cc1Br. The highest BCUT2D eigenvalue weighted by Gasteiger charge is 2.30.